The zero-order chi connectivity index (χ0) is 14.0. The largest absolute Gasteiger partial charge is 0.481 e. The summed E-state index contributed by atoms with van der Waals surface area (Å²) in [6.07, 6.45) is -0.0518. The van der Waals surface area contributed by atoms with E-state index in [2.05, 4.69) is 10.6 Å². The fourth-order valence-corrected chi connectivity index (χ4v) is 1.09. The molecule has 104 valence electrons. The molecule has 0 fully saturated rings. The third kappa shape index (κ3) is 9.55. The lowest BCUT2D eigenvalue weighted by molar-refractivity contribution is -0.137. The summed E-state index contributed by atoms with van der Waals surface area (Å²) in [7, 11) is 3.10. The normalized spacial score (nSPS) is 10.2. The molecule has 0 radical (unpaired) electrons. The van der Waals surface area contributed by atoms with Gasteiger partial charge in [-0.2, -0.15) is 0 Å². The predicted molar refractivity (Wildman–Crippen MR) is 63.2 cm³/mol. The third-order valence-corrected chi connectivity index (χ3v) is 1.97. The number of carboxylic acid groups (broad SMARTS) is 1. The van der Waals surface area contributed by atoms with Gasteiger partial charge in [-0.05, 0) is 7.05 Å². The topological polar surface area (TPSA) is 108 Å². The summed E-state index contributed by atoms with van der Waals surface area (Å²) in [6.45, 7) is 0.879. The van der Waals surface area contributed by atoms with Crippen LogP contribution in [0.2, 0.25) is 0 Å². The molecule has 0 aromatic heterocycles. The van der Waals surface area contributed by atoms with Crippen LogP contribution in [0.3, 0.4) is 0 Å². The highest BCUT2D eigenvalue weighted by Crippen LogP contribution is 1.87. The van der Waals surface area contributed by atoms with Crippen molar-refractivity contribution in [2.75, 3.05) is 40.4 Å². The molecule has 0 saturated heterocycles. The molecule has 0 aliphatic heterocycles. The van der Waals surface area contributed by atoms with Crippen molar-refractivity contribution < 1.29 is 24.2 Å². The number of rotatable bonds is 8. The lowest BCUT2D eigenvalue weighted by Gasteiger charge is -2.14. The molecule has 0 heterocycles. The number of nitrogens with one attached hydrogen (secondary N) is 2. The van der Waals surface area contributed by atoms with Crippen LogP contribution in [0.4, 0.5) is 4.79 Å². The highest BCUT2D eigenvalue weighted by molar-refractivity contribution is 5.95. The van der Waals surface area contributed by atoms with E-state index in [0.717, 1.165) is 0 Å². The summed E-state index contributed by atoms with van der Waals surface area (Å²) in [5, 5.41) is 13.0. The molecular formula is C10H19N3O5. The number of hydrogen-bond acceptors (Lipinski definition) is 5. The van der Waals surface area contributed by atoms with Crippen molar-refractivity contribution in [3.8, 4) is 0 Å². The first-order chi connectivity index (χ1) is 8.45. The number of urea groups is 1. The Kier molecular flexibility index (Phi) is 8.50. The summed E-state index contributed by atoms with van der Waals surface area (Å²) in [6, 6.07) is -0.594. The van der Waals surface area contributed by atoms with Crippen molar-refractivity contribution in [3.05, 3.63) is 0 Å². The van der Waals surface area contributed by atoms with Gasteiger partial charge in [-0.25, -0.2) is 4.79 Å². The number of ether oxygens (including phenoxy) is 1. The molecule has 0 rings (SSSR count). The van der Waals surface area contributed by atoms with Crippen molar-refractivity contribution in [1.29, 1.82) is 0 Å². The van der Waals surface area contributed by atoms with Gasteiger partial charge in [0.25, 0.3) is 0 Å². The van der Waals surface area contributed by atoms with Gasteiger partial charge in [0.05, 0.1) is 19.6 Å². The van der Waals surface area contributed by atoms with Gasteiger partial charge in [0.15, 0.2) is 0 Å². The monoisotopic (exact) mass is 261 g/mol. The highest BCUT2D eigenvalue weighted by atomic mass is 16.5. The fraction of sp³-hybridized carbons (Fsp3) is 0.700. The Morgan fingerprint density at radius 3 is 2.56 bits per heavy atom. The number of amides is 3. The minimum absolute atomic E-state index is 0.0367. The van der Waals surface area contributed by atoms with E-state index in [-0.39, 0.29) is 19.5 Å². The Labute approximate surface area is 105 Å². The van der Waals surface area contributed by atoms with Gasteiger partial charge < -0.3 is 15.2 Å². The second-order valence-corrected chi connectivity index (χ2v) is 3.68. The van der Waals surface area contributed by atoms with Crippen molar-refractivity contribution in [3.63, 3.8) is 0 Å². The summed E-state index contributed by atoms with van der Waals surface area (Å²) in [4.78, 5) is 34.3. The molecule has 0 aliphatic rings. The molecule has 0 aromatic rings. The molecule has 0 aliphatic carbocycles. The van der Waals surface area contributed by atoms with Gasteiger partial charge in [0, 0.05) is 20.2 Å². The van der Waals surface area contributed by atoms with E-state index in [1.165, 1.54) is 12.0 Å². The first-order valence-corrected chi connectivity index (χ1v) is 5.42. The number of carboxylic acids is 1. The number of imide groups is 1. The minimum atomic E-state index is -0.931. The zero-order valence-electron chi connectivity index (χ0n) is 10.6. The van der Waals surface area contributed by atoms with Gasteiger partial charge in [-0.1, -0.05) is 0 Å². The number of methoxy groups -OCH3 is 1. The second kappa shape index (κ2) is 9.37. The SMILES string of the molecule is COCCNC(=O)NC(=O)CN(C)CCC(=O)O. The van der Waals surface area contributed by atoms with Crippen LogP contribution in [0.25, 0.3) is 0 Å². The Hall–Kier alpha value is -1.67. The van der Waals surface area contributed by atoms with E-state index in [1.807, 2.05) is 0 Å². The molecule has 8 nitrogen and oxygen atoms in total. The van der Waals surface area contributed by atoms with Crippen LogP contribution < -0.4 is 10.6 Å². The van der Waals surface area contributed by atoms with Gasteiger partial charge in [0.2, 0.25) is 5.91 Å². The summed E-state index contributed by atoms with van der Waals surface area (Å²) in [5.74, 6) is -1.42. The standard InChI is InChI=1S/C10H19N3O5/c1-13(5-3-9(15)16)7-8(14)12-10(17)11-4-6-18-2/h3-7H2,1-2H3,(H,15,16)(H2,11,12,14,17). The lowest BCUT2D eigenvalue weighted by Crippen LogP contribution is -2.44. The van der Waals surface area contributed by atoms with Crippen LogP contribution in [0.5, 0.6) is 0 Å². The number of aliphatic carboxylic acids is 1. The highest BCUT2D eigenvalue weighted by Gasteiger charge is 2.10. The molecule has 0 aromatic carbocycles. The summed E-state index contributed by atoms with van der Waals surface area (Å²) >= 11 is 0. The van der Waals surface area contributed by atoms with Crippen molar-refractivity contribution in [2.24, 2.45) is 0 Å². The van der Waals surface area contributed by atoms with E-state index < -0.39 is 17.9 Å². The second-order valence-electron chi connectivity index (χ2n) is 3.68. The van der Waals surface area contributed by atoms with Gasteiger partial charge in [0.1, 0.15) is 0 Å². The molecule has 0 bridgehead atoms. The van der Waals surface area contributed by atoms with Crippen LogP contribution in [0, 0.1) is 0 Å². The molecule has 0 saturated carbocycles. The Morgan fingerprint density at radius 2 is 2.00 bits per heavy atom. The molecular weight excluding hydrogens is 242 g/mol. The first-order valence-electron chi connectivity index (χ1n) is 5.42. The first kappa shape index (κ1) is 16.3. The molecule has 0 atom stereocenters. The predicted octanol–water partition coefficient (Wildman–Crippen LogP) is -1.13. The molecule has 0 unspecified atom stereocenters. The van der Waals surface area contributed by atoms with E-state index >= 15 is 0 Å². The maximum Gasteiger partial charge on any atom is 0.321 e. The van der Waals surface area contributed by atoms with E-state index in [4.69, 9.17) is 9.84 Å². The average molecular weight is 261 g/mol. The van der Waals surface area contributed by atoms with Crippen molar-refractivity contribution in [1.82, 2.24) is 15.5 Å². The molecule has 3 N–H and O–H groups in total. The Morgan fingerprint density at radius 1 is 1.33 bits per heavy atom. The number of likely N-dealkylation sites (N-methyl/N-ethyl adjacent to an activating group) is 1. The Balaban J connectivity index is 3.74. The van der Waals surface area contributed by atoms with Crippen LogP contribution in [-0.2, 0) is 14.3 Å². The maximum atomic E-state index is 11.3. The number of nitrogens with zero attached hydrogens (tertiary/aromatic N) is 1. The van der Waals surface area contributed by atoms with Gasteiger partial charge in [-0.15, -0.1) is 0 Å². The summed E-state index contributed by atoms with van der Waals surface area (Å²) in [5.41, 5.74) is 0. The number of hydrogen-bond donors (Lipinski definition) is 3. The third-order valence-electron chi connectivity index (χ3n) is 1.97. The van der Waals surface area contributed by atoms with Crippen LogP contribution >= 0.6 is 0 Å². The quantitative estimate of drug-likeness (QED) is 0.477. The fourth-order valence-electron chi connectivity index (χ4n) is 1.09. The van der Waals surface area contributed by atoms with E-state index in [1.54, 1.807) is 7.05 Å². The van der Waals surface area contributed by atoms with Crippen LogP contribution in [-0.4, -0.2) is 68.3 Å². The van der Waals surface area contributed by atoms with Gasteiger partial charge in [-0.3, -0.25) is 19.8 Å². The smallest absolute Gasteiger partial charge is 0.321 e. The van der Waals surface area contributed by atoms with Crippen LogP contribution in [0.1, 0.15) is 6.42 Å². The summed E-state index contributed by atoms with van der Waals surface area (Å²) < 4.78 is 4.72. The molecule has 0 spiro atoms. The van der Waals surface area contributed by atoms with E-state index in [0.29, 0.717) is 13.2 Å². The molecule has 8 heteroatoms. The average Bonchev–Trinajstić information content (AvgIpc) is 2.26. The number of carbonyl (C=O) groups excluding carboxylic acids is 2. The van der Waals surface area contributed by atoms with Crippen molar-refractivity contribution >= 4 is 17.9 Å². The van der Waals surface area contributed by atoms with Crippen molar-refractivity contribution in [2.45, 2.75) is 6.42 Å². The molecule has 3 amide bonds. The van der Waals surface area contributed by atoms with Gasteiger partial charge >= 0.3 is 12.0 Å². The van der Waals surface area contributed by atoms with Crippen LogP contribution in [0.15, 0.2) is 0 Å². The zero-order valence-corrected chi connectivity index (χ0v) is 10.6. The minimum Gasteiger partial charge on any atom is -0.481 e. The number of carbonyl (C=O) groups is 3. The maximum absolute atomic E-state index is 11.3. The molecule has 18 heavy (non-hydrogen) atoms. The Bertz CT molecular complexity index is 295. The van der Waals surface area contributed by atoms with E-state index in [9.17, 15) is 14.4 Å². The lowest BCUT2D eigenvalue weighted by atomic mass is 10.4.